The van der Waals surface area contributed by atoms with Gasteiger partial charge in [-0.05, 0) is 37.1 Å². The molecule has 27 heavy (non-hydrogen) atoms. The minimum absolute atomic E-state index is 0.230. The van der Waals surface area contributed by atoms with Crippen LogP contribution in [0.2, 0.25) is 5.02 Å². The van der Waals surface area contributed by atoms with E-state index in [1.165, 1.54) is 22.3 Å². The summed E-state index contributed by atoms with van der Waals surface area (Å²) in [5.74, 6) is 1.43. The molecule has 144 valence electrons. The zero-order valence-corrected chi connectivity index (χ0v) is 16.9. The van der Waals surface area contributed by atoms with Crippen LogP contribution in [-0.4, -0.2) is 37.6 Å². The topological polar surface area (TPSA) is 68.7 Å². The molecule has 0 N–H and O–H groups in total. The zero-order valence-electron chi connectivity index (χ0n) is 14.6. The van der Waals surface area contributed by atoms with Crippen LogP contribution < -0.4 is 4.74 Å². The summed E-state index contributed by atoms with van der Waals surface area (Å²) < 4.78 is 37.6. The number of pyridine rings is 1. The fourth-order valence-corrected chi connectivity index (χ4v) is 5.73. The molecule has 6 nitrogen and oxygen atoms in total. The highest BCUT2D eigenvalue weighted by Crippen LogP contribution is 2.35. The van der Waals surface area contributed by atoms with E-state index in [0.29, 0.717) is 30.5 Å². The number of fused-ring (bicyclic) bond motifs is 1. The third-order valence-electron chi connectivity index (χ3n) is 4.54. The lowest BCUT2D eigenvalue weighted by Crippen LogP contribution is -2.27. The molecule has 1 aromatic carbocycles. The summed E-state index contributed by atoms with van der Waals surface area (Å²) in [4.78, 5) is 4.57. The third kappa shape index (κ3) is 4.09. The highest BCUT2D eigenvalue weighted by Gasteiger charge is 2.27. The van der Waals surface area contributed by atoms with Crippen LogP contribution in [0.15, 0.2) is 40.4 Å². The van der Waals surface area contributed by atoms with Crippen LogP contribution in [0, 0.1) is 0 Å². The average Bonchev–Trinajstić information content (AvgIpc) is 3.22. The molecule has 0 radical (unpaired) electrons. The minimum atomic E-state index is -3.43. The van der Waals surface area contributed by atoms with E-state index in [-0.39, 0.29) is 11.7 Å². The normalized spacial score (nSPS) is 17.5. The maximum atomic E-state index is 12.6. The lowest BCUT2D eigenvalue weighted by Gasteiger charge is -2.21. The zero-order chi connectivity index (χ0) is 18.9. The van der Waals surface area contributed by atoms with Crippen molar-refractivity contribution in [2.24, 2.45) is 0 Å². The van der Waals surface area contributed by atoms with Crippen molar-refractivity contribution in [1.29, 1.82) is 0 Å². The van der Waals surface area contributed by atoms with Crippen LogP contribution in [0.25, 0.3) is 0 Å². The lowest BCUT2D eigenvalue weighted by molar-refractivity contribution is -0.0168. The van der Waals surface area contributed by atoms with E-state index in [1.54, 1.807) is 12.1 Å². The molecule has 0 unspecified atom stereocenters. The summed E-state index contributed by atoms with van der Waals surface area (Å²) in [5, 5.41) is 1.38. The average molecular weight is 427 g/mol. The van der Waals surface area contributed by atoms with Gasteiger partial charge in [0.2, 0.25) is 10.0 Å². The number of sulfonamides is 1. The quantitative estimate of drug-likeness (QED) is 0.679. The summed E-state index contributed by atoms with van der Waals surface area (Å²) in [6.07, 6.45) is 3.27. The van der Waals surface area contributed by atoms with Gasteiger partial charge in [-0.25, -0.2) is 13.4 Å². The molecule has 3 heterocycles. The van der Waals surface area contributed by atoms with Crippen LogP contribution in [0.1, 0.15) is 24.0 Å². The molecule has 1 aromatic heterocycles. The van der Waals surface area contributed by atoms with Gasteiger partial charge in [0.25, 0.3) is 0 Å². The summed E-state index contributed by atoms with van der Waals surface area (Å²) in [7, 11) is -3.43. The van der Waals surface area contributed by atoms with E-state index in [1.807, 2.05) is 12.1 Å². The second-order valence-corrected chi connectivity index (χ2v) is 9.77. The van der Waals surface area contributed by atoms with Crippen LogP contribution in [-0.2, 0) is 27.1 Å². The Balaban J connectivity index is 1.48. The van der Waals surface area contributed by atoms with Gasteiger partial charge in [0, 0.05) is 41.2 Å². The van der Waals surface area contributed by atoms with E-state index in [9.17, 15) is 8.42 Å². The Bertz CT molecular complexity index is 929. The predicted octanol–water partition coefficient (Wildman–Crippen LogP) is 3.68. The van der Waals surface area contributed by atoms with Gasteiger partial charge < -0.3 is 9.47 Å². The SMILES string of the molecule is O=S(=O)(c1ccc(SCc2cc(Cl)cc3c2OCOC3)nc1)N1CCCC1. The summed E-state index contributed by atoms with van der Waals surface area (Å²) in [6, 6.07) is 7.10. The van der Waals surface area contributed by atoms with Gasteiger partial charge in [-0.3, -0.25) is 0 Å². The number of halogens is 1. The molecule has 1 fully saturated rings. The summed E-state index contributed by atoms with van der Waals surface area (Å²) in [6.45, 7) is 1.88. The molecule has 0 spiro atoms. The number of ether oxygens (including phenoxy) is 2. The van der Waals surface area contributed by atoms with Crippen molar-refractivity contribution in [3.63, 3.8) is 0 Å². The van der Waals surface area contributed by atoms with Crippen molar-refractivity contribution in [3.8, 4) is 5.75 Å². The number of aromatic nitrogens is 1. The Kier molecular flexibility index (Phi) is 5.61. The highest BCUT2D eigenvalue weighted by atomic mass is 35.5. The van der Waals surface area contributed by atoms with Gasteiger partial charge in [-0.1, -0.05) is 11.6 Å². The van der Waals surface area contributed by atoms with Crippen LogP contribution in [0.4, 0.5) is 0 Å². The van der Waals surface area contributed by atoms with Gasteiger partial charge in [0.15, 0.2) is 6.79 Å². The van der Waals surface area contributed by atoms with Crippen LogP contribution in [0.3, 0.4) is 0 Å². The molecule has 1 saturated heterocycles. The molecule has 4 rings (SSSR count). The fourth-order valence-electron chi connectivity index (χ4n) is 3.20. The molecule has 2 aliphatic rings. The summed E-state index contributed by atoms with van der Waals surface area (Å²) in [5.41, 5.74) is 1.91. The van der Waals surface area contributed by atoms with Gasteiger partial charge in [0.1, 0.15) is 10.6 Å². The maximum absolute atomic E-state index is 12.6. The van der Waals surface area contributed by atoms with E-state index >= 15 is 0 Å². The van der Waals surface area contributed by atoms with E-state index in [0.717, 1.165) is 34.7 Å². The molecule has 9 heteroatoms. The smallest absolute Gasteiger partial charge is 0.244 e. The van der Waals surface area contributed by atoms with Crippen molar-refractivity contribution in [2.45, 2.75) is 35.1 Å². The molecule has 2 aromatic rings. The highest BCUT2D eigenvalue weighted by molar-refractivity contribution is 7.98. The summed E-state index contributed by atoms with van der Waals surface area (Å²) >= 11 is 7.70. The molecule has 0 bridgehead atoms. The minimum Gasteiger partial charge on any atom is -0.467 e. The first kappa shape index (κ1) is 19.0. The number of nitrogens with zero attached hydrogens (tertiary/aromatic N) is 2. The van der Waals surface area contributed by atoms with E-state index in [4.69, 9.17) is 21.1 Å². The van der Waals surface area contributed by atoms with Crippen molar-refractivity contribution in [3.05, 3.63) is 46.6 Å². The number of thioether (sulfide) groups is 1. The molecule has 0 amide bonds. The Morgan fingerprint density at radius 2 is 2.04 bits per heavy atom. The van der Waals surface area contributed by atoms with Crippen molar-refractivity contribution < 1.29 is 17.9 Å². The van der Waals surface area contributed by atoms with Crippen LogP contribution >= 0.6 is 23.4 Å². The third-order valence-corrected chi connectivity index (χ3v) is 7.63. The first-order valence-corrected chi connectivity index (χ1v) is 11.5. The fraction of sp³-hybridized carbons (Fsp3) is 0.389. The molecule has 0 atom stereocenters. The largest absolute Gasteiger partial charge is 0.467 e. The Morgan fingerprint density at radius 3 is 2.78 bits per heavy atom. The van der Waals surface area contributed by atoms with Gasteiger partial charge in [-0.15, -0.1) is 11.8 Å². The standard InChI is InChI=1S/C18H19ClN2O4S2/c19-15-7-13-10-24-12-25-18(13)14(8-15)11-26-17-4-3-16(9-20-17)27(22,23)21-5-1-2-6-21/h3-4,7-9H,1-2,5-6,10-12H2. The molecular formula is C18H19ClN2O4S2. The lowest BCUT2D eigenvalue weighted by atomic mass is 10.1. The Morgan fingerprint density at radius 1 is 1.22 bits per heavy atom. The monoisotopic (exact) mass is 426 g/mol. The predicted molar refractivity (Wildman–Crippen MR) is 104 cm³/mol. The second-order valence-electron chi connectivity index (χ2n) is 6.40. The molecule has 0 aliphatic carbocycles. The van der Waals surface area contributed by atoms with Crippen LogP contribution in [0.5, 0.6) is 5.75 Å². The van der Waals surface area contributed by atoms with Gasteiger partial charge in [-0.2, -0.15) is 4.31 Å². The first-order chi connectivity index (χ1) is 13.0. The van der Waals surface area contributed by atoms with Gasteiger partial charge >= 0.3 is 0 Å². The second kappa shape index (κ2) is 7.97. The van der Waals surface area contributed by atoms with Crippen molar-refractivity contribution in [1.82, 2.24) is 9.29 Å². The first-order valence-electron chi connectivity index (χ1n) is 8.65. The van der Waals surface area contributed by atoms with Crippen molar-refractivity contribution >= 4 is 33.4 Å². The molecular weight excluding hydrogens is 408 g/mol. The number of hydrogen-bond acceptors (Lipinski definition) is 6. The number of benzene rings is 1. The Labute approximate surface area is 167 Å². The number of hydrogen-bond donors (Lipinski definition) is 0. The van der Waals surface area contributed by atoms with Gasteiger partial charge in [0.05, 0.1) is 11.6 Å². The Hall–Kier alpha value is -1.32. The van der Waals surface area contributed by atoms with E-state index in [2.05, 4.69) is 4.98 Å². The number of rotatable bonds is 5. The molecule has 2 aliphatic heterocycles. The maximum Gasteiger partial charge on any atom is 0.244 e. The van der Waals surface area contributed by atoms with Crippen molar-refractivity contribution in [2.75, 3.05) is 19.9 Å². The van der Waals surface area contributed by atoms with E-state index < -0.39 is 10.0 Å². The molecule has 0 saturated carbocycles.